The minimum atomic E-state index is 0.282. The number of benzene rings is 2. The Balaban J connectivity index is 1.57. The summed E-state index contributed by atoms with van der Waals surface area (Å²) < 4.78 is 1.54. The number of anilines is 4. The summed E-state index contributed by atoms with van der Waals surface area (Å²) in [6.45, 7) is 6.25. The van der Waals surface area contributed by atoms with E-state index in [9.17, 15) is 0 Å². The van der Waals surface area contributed by atoms with E-state index in [0.29, 0.717) is 11.8 Å². The molecule has 0 fully saturated rings. The van der Waals surface area contributed by atoms with Gasteiger partial charge in [0.05, 0.1) is 5.52 Å². The van der Waals surface area contributed by atoms with Crippen molar-refractivity contribution >= 4 is 34.2 Å². The number of nitrogens with two attached hydrogens (primary N) is 1. The zero-order chi connectivity index (χ0) is 19.5. The van der Waals surface area contributed by atoms with Crippen molar-refractivity contribution in [1.82, 2.24) is 19.7 Å². The topological polar surface area (TPSA) is 84.9 Å². The molecule has 3 N–H and O–H groups in total. The van der Waals surface area contributed by atoms with Gasteiger partial charge in [-0.1, -0.05) is 18.2 Å². The molecule has 7 heteroatoms. The van der Waals surface area contributed by atoms with Gasteiger partial charge in [-0.2, -0.15) is 9.67 Å². The Hall–Kier alpha value is -3.61. The smallest absolute Gasteiger partial charge is 0.248 e. The van der Waals surface area contributed by atoms with Crippen molar-refractivity contribution in [1.29, 1.82) is 0 Å². The van der Waals surface area contributed by atoms with Gasteiger partial charge in [-0.15, -0.1) is 5.10 Å². The molecule has 7 nitrogen and oxygen atoms in total. The minimum absolute atomic E-state index is 0.282. The first kappa shape index (κ1) is 17.8. The van der Waals surface area contributed by atoms with Gasteiger partial charge < -0.3 is 16.0 Å². The summed E-state index contributed by atoms with van der Waals surface area (Å²) in [7, 11) is 0. The van der Waals surface area contributed by atoms with Crippen LogP contribution in [0.4, 0.5) is 23.3 Å². The highest BCUT2D eigenvalue weighted by atomic mass is 15.4. The number of nitrogens with one attached hydrogen (secondary N) is 1. The third-order valence-electron chi connectivity index (χ3n) is 4.68. The van der Waals surface area contributed by atoms with Crippen molar-refractivity contribution in [3.8, 4) is 5.82 Å². The molecule has 142 valence electrons. The van der Waals surface area contributed by atoms with E-state index < -0.39 is 0 Å². The summed E-state index contributed by atoms with van der Waals surface area (Å²) in [5, 5.41) is 8.74. The third-order valence-corrected chi connectivity index (χ3v) is 4.68. The maximum atomic E-state index is 6.07. The minimum Gasteiger partial charge on any atom is -0.372 e. The molecule has 0 radical (unpaired) electrons. The molecule has 0 unspecified atom stereocenters. The third kappa shape index (κ3) is 3.46. The number of aromatic nitrogens is 4. The van der Waals surface area contributed by atoms with Gasteiger partial charge >= 0.3 is 0 Å². The van der Waals surface area contributed by atoms with E-state index in [0.717, 1.165) is 29.7 Å². The van der Waals surface area contributed by atoms with Gasteiger partial charge in [0.25, 0.3) is 0 Å². The number of hydrogen-bond acceptors (Lipinski definition) is 6. The Kier molecular flexibility index (Phi) is 4.80. The maximum absolute atomic E-state index is 6.07. The fourth-order valence-corrected chi connectivity index (χ4v) is 3.19. The van der Waals surface area contributed by atoms with Crippen LogP contribution in [-0.4, -0.2) is 32.8 Å². The average Bonchev–Trinajstić information content (AvgIpc) is 3.10. The highest BCUT2D eigenvalue weighted by Gasteiger charge is 2.11. The quantitative estimate of drug-likeness (QED) is 0.532. The summed E-state index contributed by atoms with van der Waals surface area (Å²) >= 11 is 0. The van der Waals surface area contributed by atoms with Gasteiger partial charge in [0, 0.05) is 29.9 Å². The Morgan fingerprint density at radius 2 is 1.68 bits per heavy atom. The molecule has 0 saturated heterocycles. The highest BCUT2D eigenvalue weighted by Crippen LogP contribution is 2.21. The summed E-state index contributed by atoms with van der Waals surface area (Å²) in [4.78, 5) is 11.2. The summed E-state index contributed by atoms with van der Waals surface area (Å²) in [5.74, 6) is 1.35. The molecule has 0 atom stereocenters. The van der Waals surface area contributed by atoms with Crippen LogP contribution in [0, 0.1) is 0 Å². The second kappa shape index (κ2) is 7.56. The lowest BCUT2D eigenvalue weighted by atomic mass is 10.2. The monoisotopic (exact) mass is 373 g/mol. The number of nitrogen functional groups attached to an aromatic ring is 1. The van der Waals surface area contributed by atoms with Crippen LogP contribution in [-0.2, 0) is 0 Å². The first-order chi connectivity index (χ1) is 13.7. The van der Waals surface area contributed by atoms with Crippen LogP contribution in [0.5, 0.6) is 0 Å². The molecule has 2 heterocycles. The highest BCUT2D eigenvalue weighted by molar-refractivity contribution is 5.79. The Bertz CT molecular complexity index is 1080. The zero-order valence-corrected chi connectivity index (χ0v) is 16.0. The number of para-hydroxylation sites is 1. The number of fused-ring (bicyclic) bond motifs is 1. The molecule has 0 spiro atoms. The van der Waals surface area contributed by atoms with Gasteiger partial charge in [-0.3, -0.25) is 0 Å². The van der Waals surface area contributed by atoms with Crippen molar-refractivity contribution in [2.45, 2.75) is 13.8 Å². The van der Waals surface area contributed by atoms with E-state index in [1.54, 1.807) is 4.68 Å². The number of nitrogens with zero attached hydrogens (tertiary/aromatic N) is 5. The molecule has 2 aromatic heterocycles. The van der Waals surface area contributed by atoms with Crippen LogP contribution >= 0.6 is 0 Å². The first-order valence-corrected chi connectivity index (χ1v) is 9.38. The summed E-state index contributed by atoms with van der Waals surface area (Å²) in [5.41, 5.74) is 9.05. The fourth-order valence-electron chi connectivity index (χ4n) is 3.19. The van der Waals surface area contributed by atoms with Crippen LogP contribution in [0.3, 0.4) is 0 Å². The second-order valence-electron chi connectivity index (χ2n) is 6.41. The van der Waals surface area contributed by atoms with Crippen LogP contribution in [0.2, 0.25) is 0 Å². The van der Waals surface area contributed by atoms with Crippen LogP contribution in [0.25, 0.3) is 16.7 Å². The van der Waals surface area contributed by atoms with Crippen molar-refractivity contribution in [2.75, 3.05) is 29.0 Å². The van der Waals surface area contributed by atoms with E-state index >= 15 is 0 Å². The molecular weight excluding hydrogens is 350 g/mol. The van der Waals surface area contributed by atoms with Gasteiger partial charge in [-0.05, 0) is 56.3 Å². The normalized spacial score (nSPS) is 10.9. The van der Waals surface area contributed by atoms with Crippen LogP contribution < -0.4 is 16.0 Å². The lowest BCUT2D eigenvalue weighted by molar-refractivity contribution is 0.864. The van der Waals surface area contributed by atoms with Crippen molar-refractivity contribution in [2.24, 2.45) is 0 Å². The SMILES string of the molecule is CCN(CC)c1ccc(Nc2nc(N)n(-c3ccc4ccccc4n3)n2)cc1. The van der Waals surface area contributed by atoms with Gasteiger partial charge in [0.2, 0.25) is 11.9 Å². The van der Waals surface area contributed by atoms with E-state index in [2.05, 4.69) is 51.3 Å². The second-order valence-corrected chi connectivity index (χ2v) is 6.41. The predicted octanol–water partition coefficient (Wildman–Crippen LogP) is 3.99. The summed E-state index contributed by atoms with van der Waals surface area (Å²) in [6.07, 6.45) is 0. The number of pyridine rings is 1. The Morgan fingerprint density at radius 1 is 0.929 bits per heavy atom. The standard InChI is InChI=1S/C21H23N7/c1-3-27(4-2)17-12-10-16(11-13-17)23-21-25-20(22)28(26-21)19-14-9-15-7-5-6-8-18(15)24-19/h5-14H,3-4H2,1-2H3,(H3,22,23,25,26). The van der Waals surface area contributed by atoms with Gasteiger partial charge in [-0.25, -0.2) is 4.98 Å². The molecule has 0 aliphatic carbocycles. The molecule has 4 rings (SSSR count). The van der Waals surface area contributed by atoms with Crippen molar-refractivity contribution in [3.63, 3.8) is 0 Å². The van der Waals surface area contributed by atoms with Crippen molar-refractivity contribution in [3.05, 3.63) is 60.7 Å². The lowest BCUT2D eigenvalue weighted by Gasteiger charge is -2.21. The number of rotatable bonds is 6. The largest absolute Gasteiger partial charge is 0.372 e. The molecule has 2 aromatic carbocycles. The molecule has 4 aromatic rings. The predicted molar refractivity (Wildman–Crippen MR) is 114 cm³/mol. The molecule has 0 amide bonds. The molecule has 0 aliphatic heterocycles. The number of hydrogen-bond donors (Lipinski definition) is 2. The zero-order valence-electron chi connectivity index (χ0n) is 16.0. The summed E-state index contributed by atoms with van der Waals surface area (Å²) in [6, 6.07) is 20.0. The maximum Gasteiger partial charge on any atom is 0.248 e. The van der Waals surface area contributed by atoms with Gasteiger partial charge in [0.1, 0.15) is 0 Å². The molecular formula is C21H23N7. The van der Waals surface area contributed by atoms with E-state index in [1.165, 1.54) is 5.69 Å². The Labute approximate surface area is 163 Å². The first-order valence-electron chi connectivity index (χ1n) is 9.38. The van der Waals surface area contributed by atoms with Crippen LogP contribution in [0.15, 0.2) is 60.7 Å². The van der Waals surface area contributed by atoms with Crippen LogP contribution in [0.1, 0.15) is 13.8 Å². The Morgan fingerprint density at radius 3 is 2.43 bits per heavy atom. The molecule has 0 bridgehead atoms. The lowest BCUT2D eigenvalue weighted by Crippen LogP contribution is -2.21. The van der Waals surface area contributed by atoms with E-state index in [1.807, 2.05) is 48.5 Å². The van der Waals surface area contributed by atoms with Gasteiger partial charge in [0.15, 0.2) is 5.82 Å². The average molecular weight is 373 g/mol. The fraction of sp³-hybridized carbons (Fsp3) is 0.190. The molecule has 28 heavy (non-hydrogen) atoms. The molecule has 0 aliphatic rings. The molecule has 0 saturated carbocycles. The van der Waals surface area contributed by atoms with E-state index in [4.69, 9.17) is 5.73 Å². The van der Waals surface area contributed by atoms with Crippen molar-refractivity contribution < 1.29 is 0 Å². The van der Waals surface area contributed by atoms with E-state index in [-0.39, 0.29) is 5.95 Å².